The van der Waals surface area contributed by atoms with Crippen LogP contribution in [0.3, 0.4) is 0 Å². The number of carbonyl (C=O) groups excluding carboxylic acids is 1. The molecule has 2 heterocycles. The highest BCUT2D eigenvalue weighted by Gasteiger charge is 2.34. The van der Waals surface area contributed by atoms with Crippen molar-refractivity contribution in [2.75, 3.05) is 33.4 Å². The predicted molar refractivity (Wildman–Crippen MR) is 123 cm³/mol. The molecular formula is C24H31ClN2O5. The Labute approximate surface area is 193 Å². The first-order valence-corrected chi connectivity index (χ1v) is 11.3. The smallest absolute Gasteiger partial charge is 0.309 e. The third-order valence-corrected chi connectivity index (χ3v) is 6.23. The maximum absolute atomic E-state index is 13.5. The Morgan fingerprint density at radius 1 is 1.28 bits per heavy atom. The number of hydrogen-bond acceptors (Lipinski definition) is 6. The van der Waals surface area contributed by atoms with Crippen LogP contribution in [0.4, 0.5) is 0 Å². The maximum atomic E-state index is 13.5. The molecule has 1 aromatic carbocycles. The number of nitrogens with zero attached hydrogens (tertiary/aromatic N) is 2. The summed E-state index contributed by atoms with van der Waals surface area (Å²) in [6.45, 7) is 5.91. The SMILES string of the molecule is CCOC(=O)C1CCN([C@H](c2cccc(Cl)c2)c2c(O)cc(C)n(CCOC)c2=O)CC1. The minimum atomic E-state index is -0.487. The number of aromatic nitrogens is 1. The monoisotopic (exact) mass is 462 g/mol. The molecule has 1 aliphatic heterocycles. The molecule has 1 N–H and O–H groups in total. The zero-order valence-corrected chi connectivity index (χ0v) is 19.6. The average Bonchev–Trinajstić information content (AvgIpc) is 2.77. The number of benzene rings is 1. The Morgan fingerprint density at radius 2 is 2.00 bits per heavy atom. The maximum Gasteiger partial charge on any atom is 0.309 e. The summed E-state index contributed by atoms with van der Waals surface area (Å²) in [5, 5.41) is 11.4. The fraction of sp³-hybridized carbons (Fsp3) is 0.500. The Morgan fingerprint density at radius 3 is 2.62 bits per heavy atom. The predicted octanol–water partition coefficient (Wildman–Crippen LogP) is 3.53. The number of piperidine rings is 1. The van der Waals surface area contributed by atoms with Crippen molar-refractivity contribution in [1.29, 1.82) is 0 Å². The molecule has 0 unspecified atom stereocenters. The minimum absolute atomic E-state index is 0.0429. The summed E-state index contributed by atoms with van der Waals surface area (Å²) in [6.07, 6.45) is 1.25. The highest BCUT2D eigenvalue weighted by molar-refractivity contribution is 6.30. The lowest BCUT2D eigenvalue weighted by atomic mass is 9.91. The summed E-state index contributed by atoms with van der Waals surface area (Å²) in [6, 6.07) is 8.48. The molecule has 0 amide bonds. The number of pyridine rings is 1. The Bertz CT molecular complexity index is 998. The lowest BCUT2D eigenvalue weighted by molar-refractivity contribution is -0.149. The van der Waals surface area contributed by atoms with Gasteiger partial charge in [0.2, 0.25) is 0 Å². The van der Waals surface area contributed by atoms with E-state index in [1.165, 1.54) is 0 Å². The van der Waals surface area contributed by atoms with Crippen LogP contribution in [0.5, 0.6) is 5.75 Å². The number of hydrogen-bond donors (Lipinski definition) is 1. The van der Waals surface area contributed by atoms with Crippen LogP contribution in [0.2, 0.25) is 5.02 Å². The molecule has 0 radical (unpaired) electrons. The molecule has 8 heteroatoms. The van der Waals surface area contributed by atoms with E-state index in [0.29, 0.717) is 62.0 Å². The van der Waals surface area contributed by atoms with E-state index < -0.39 is 6.04 Å². The van der Waals surface area contributed by atoms with E-state index in [0.717, 1.165) is 5.56 Å². The van der Waals surface area contributed by atoms with Crippen LogP contribution in [-0.4, -0.2) is 54.0 Å². The van der Waals surface area contributed by atoms with Gasteiger partial charge in [-0.25, -0.2) is 0 Å². The topological polar surface area (TPSA) is 81.0 Å². The van der Waals surface area contributed by atoms with Gasteiger partial charge < -0.3 is 19.1 Å². The first kappa shape index (κ1) is 24.3. The van der Waals surface area contributed by atoms with Gasteiger partial charge in [-0.05, 0) is 63.5 Å². The van der Waals surface area contributed by atoms with Crippen LogP contribution in [0, 0.1) is 12.8 Å². The second-order valence-electron chi connectivity index (χ2n) is 8.05. The molecule has 174 valence electrons. The summed E-state index contributed by atoms with van der Waals surface area (Å²) in [5.41, 5.74) is 1.54. The lowest BCUT2D eigenvalue weighted by Gasteiger charge is -2.37. The summed E-state index contributed by atoms with van der Waals surface area (Å²) < 4.78 is 12.0. The van der Waals surface area contributed by atoms with E-state index in [4.69, 9.17) is 21.1 Å². The van der Waals surface area contributed by atoms with Crippen molar-refractivity contribution < 1.29 is 19.4 Å². The molecule has 7 nitrogen and oxygen atoms in total. The van der Waals surface area contributed by atoms with Gasteiger partial charge in [0, 0.05) is 24.4 Å². The fourth-order valence-corrected chi connectivity index (χ4v) is 4.58. The average molecular weight is 463 g/mol. The van der Waals surface area contributed by atoms with E-state index in [-0.39, 0.29) is 23.2 Å². The van der Waals surface area contributed by atoms with Crippen LogP contribution in [0.25, 0.3) is 0 Å². The van der Waals surface area contributed by atoms with Gasteiger partial charge in [-0.1, -0.05) is 23.7 Å². The van der Waals surface area contributed by atoms with Crippen LogP contribution < -0.4 is 5.56 Å². The summed E-state index contributed by atoms with van der Waals surface area (Å²) in [7, 11) is 1.59. The van der Waals surface area contributed by atoms with E-state index in [2.05, 4.69) is 4.90 Å². The third kappa shape index (κ3) is 5.34. The van der Waals surface area contributed by atoms with Crippen molar-refractivity contribution in [1.82, 2.24) is 9.47 Å². The fourth-order valence-electron chi connectivity index (χ4n) is 4.38. The molecule has 1 atom stereocenters. The molecule has 1 aliphatic rings. The van der Waals surface area contributed by atoms with Crippen LogP contribution in [0.1, 0.15) is 42.6 Å². The van der Waals surface area contributed by atoms with Crippen molar-refractivity contribution in [3.8, 4) is 5.75 Å². The standard InChI is InChI=1S/C24H31ClN2O5/c1-4-32-24(30)17-8-10-26(11-9-17)22(18-6-5-7-19(25)15-18)21-20(28)14-16(2)27(23(21)29)12-13-31-3/h5-7,14-15,17,22,28H,4,8-13H2,1-3H3/t22-/m1/s1. The van der Waals surface area contributed by atoms with Gasteiger partial charge in [0.05, 0.1) is 30.7 Å². The zero-order valence-electron chi connectivity index (χ0n) is 18.8. The number of aromatic hydroxyl groups is 1. The highest BCUT2D eigenvalue weighted by Crippen LogP contribution is 2.36. The van der Waals surface area contributed by atoms with Gasteiger partial charge in [-0.3, -0.25) is 14.5 Å². The van der Waals surface area contributed by atoms with Gasteiger partial charge in [0.15, 0.2) is 0 Å². The van der Waals surface area contributed by atoms with Crippen LogP contribution in [0.15, 0.2) is 35.1 Å². The van der Waals surface area contributed by atoms with Crippen molar-refractivity contribution in [2.45, 2.75) is 39.3 Å². The van der Waals surface area contributed by atoms with Crippen molar-refractivity contribution in [3.63, 3.8) is 0 Å². The highest BCUT2D eigenvalue weighted by atomic mass is 35.5. The molecule has 0 saturated carbocycles. The van der Waals surface area contributed by atoms with Crippen molar-refractivity contribution in [3.05, 3.63) is 62.5 Å². The summed E-state index contributed by atoms with van der Waals surface area (Å²) in [4.78, 5) is 27.8. The number of halogens is 1. The first-order valence-electron chi connectivity index (χ1n) is 11.0. The summed E-state index contributed by atoms with van der Waals surface area (Å²) in [5.74, 6) is -0.374. The van der Waals surface area contributed by atoms with E-state index in [1.807, 2.05) is 18.2 Å². The molecule has 2 aromatic rings. The lowest BCUT2D eigenvalue weighted by Crippen LogP contribution is -2.42. The second kappa shape index (κ2) is 11.0. The summed E-state index contributed by atoms with van der Waals surface area (Å²) >= 11 is 6.28. The first-order chi connectivity index (χ1) is 15.4. The molecule has 0 spiro atoms. The Kier molecular flexibility index (Phi) is 8.34. The van der Waals surface area contributed by atoms with E-state index >= 15 is 0 Å². The zero-order chi connectivity index (χ0) is 23.3. The number of likely N-dealkylation sites (tertiary alicyclic amines) is 1. The second-order valence-corrected chi connectivity index (χ2v) is 8.49. The molecule has 1 fully saturated rings. The van der Waals surface area contributed by atoms with Gasteiger partial charge in [0.1, 0.15) is 5.75 Å². The Hall–Kier alpha value is -2.35. The third-order valence-electron chi connectivity index (χ3n) is 5.99. The van der Waals surface area contributed by atoms with Gasteiger partial charge in [0.25, 0.3) is 5.56 Å². The number of ether oxygens (including phenoxy) is 2. The quantitative estimate of drug-likeness (QED) is 0.604. The number of rotatable bonds is 8. The normalized spacial score (nSPS) is 16.1. The van der Waals surface area contributed by atoms with Gasteiger partial charge in [-0.15, -0.1) is 0 Å². The number of aryl methyl sites for hydroxylation is 1. The largest absolute Gasteiger partial charge is 0.507 e. The van der Waals surface area contributed by atoms with Crippen LogP contribution in [-0.2, 0) is 20.8 Å². The molecule has 0 bridgehead atoms. The molecule has 1 saturated heterocycles. The van der Waals surface area contributed by atoms with Crippen molar-refractivity contribution in [2.24, 2.45) is 5.92 Å². The van der Waals surface area contributed by atoms with Crippen molar-refractivity contribution >= 4 is 17.6 Å². The molecule has 32 heavy (non-hydrogen) atoms. The number of methoxy groups -OCH3 is 1. The van der Waals surface area contributed by atoms with E-state index in [9.17, 15) is 14.7 Å². The van der Waals surface area contributed by atoms with Crippen LogP contribution >= 0.6 is 11.6 Å². The molecule has 3 rings (SSSR count). The number of carbonyl (C=O) groups is 1. The molecule has 0 aliphatic carbocycles. The Balaban J connectivity index is 2.02. The molecular weight excluding hydrogens is 432 g/mol. The number of esters is 1. The van der Waals surface area contributed by atoms with Gasteiger partial charge in [-0.2, -0.15) is 0 Å². The van der Waals surface area contributed by atoms with E-state index in [1.54, 1.807) is 37.7 Å². The minimum Gasteiger partial charge on any atom is -0.507 e. The molecule has 1 aromatic heterocycles. The van der Waals surface area contributed by atoms with Gasteiger partial charge >= 0.3 is 5.97 Å².